The second-order valence-electron chi connectivity index (χ2n) is 5.88. The molecule has 3 rings (SSSR count). The van der Waals surface area contributed by atoms with Crippen molar-refractivity contribution in [2.45, 2.75) is 18.9 Å². The van der Waals surface area contributed by atoms with Gasteiger partial charge in [-0.2, -0.15) is 10.1 Å². The number of likely N-dealkylation sites (tertiary alicyclic amines) is 1. The third-order valence-corrected chi connectivity index (χ3v) is 3.97. The predicted octanol–water partition coefficient (Wildman–Crippen LogP) is -0.166. The lowest BCUT2D eigenvalue weighted by atomic mass is 10.1. The van der Waals surface area contributed by atoms with Gasteiger partial charge in [-0.15, -0.1) is 0 Å². The SMILES string of the molecule is CN1C[C@@H](NC(=O)C2=NN(c3ccc(F)cc3)C(=O)CC2=O)CC1=O. The average molecular weight is 346 g/mol. The van der Waals surface area contributed by atoms with Crippen molar-refractivity contribution >= 4 is 34.9 Å². The summed E-state index contributed by atoms with van der Waals surface area (Å²) in [6.07, 6.45) is -0.364. The Morgan fingerprint density at radius 2 is 1.88 bits per heavy atom. The molecule has 0 saturated carbocycles. The highest BCUT2D eigenvalue weighted by Gasteiger charge is 2.35. The molecule has 2 heterocycles. The normalized spacial score (nSPS) is 20.8. The summed E-state index contributed by atoms with van der Waals surface area (Å²) in [5.41, 5.74) is -0.161. The fourth-order valence-corrected chi connectivity index (χ4v) is 2.68. The van der Waals surface area contributed by atoms with E-state index in [1.165, 1.54) is 17.0 Å². The Hall–Kier alpha value is -3.10. The molecule has 2 aliphatic heterocycles. The quantitative estimate of drug-likeness (QED) is 0.769. The van der Waals surface area contributed by atoms with Gasteiger partial charge in [-0.25, -0.2) is 4.39 Å². The molecule has 1 saturated heterocycles. The summed E-state index contributed by atoms with van der Waals surface area (Å²) in [5, 5.41) is 7.33. The van der Waals surface area contributed by atoms with Gasteiger partial charge in [0.25, 0.3) is 11.8 Å². The first kappa shape index (κ1) is 16.7. The summed E-state index contributed by atoms with van der Waals surface area (Å²) in [6, 6.07) is 4.53. The number of amides is 3. The van der Waals surface area contributed by atoms with Crippen LogP contribution in [0.5, 0.6) is 0 Å². The Morgan fingerprint density at radius 1 is 1.20 bits per heavy atom. The number of nitrogens with one attached hydrogen (secondary N) is 1. The van der Waals surface area contributed by atoms with Gasteiger partial charge in [-0.3, -0.25) is 19.2 Å². The first-order valence-electron chi connectivity index (χ1n) is 7.60. The van der Waals surface area contributed by atoms with Crippen molar-refractivity contribution < 1.29 is 23.6 Å². The fraction of sp³-hybridized carbons (Fsp3) is 0.312. The molecule has 0 unspecified atom stereocenters. The molecule has 2 aliphatic rings. The van der Waals surface area contributed by atoms with Crippen LogP contribution in [-0.4, -0.2) is 53.8 Å². The van der Waals surface area contributed by atoms with Crippen LogP contribution in [0.1, 0.15) is 12.8 Å². The first-order chi connectivity index (χ1) is 11.8. The van der Waals surface area contributed by atoms with Gasteiger partial charge >= 0.3 is 0 Å². The summed E-state index contributed by atoms with van der Waals surface area (Å²) >= 11 is 0. The van der Waals surface area contributed by atoms with E-state index in [9.17, 15) is 23.6 Å². The number of hydrazone groups is 1. The number of hydrogen-bond donors (Lipinski definition) is 1. The van der Waals surface area contributed by atoms with Gasteiger partial charge in [0, 0.05) is 20.0 Å². The van der Waals surface area contributed by atoms with Crippen LogP contribution in [-0.2, 0) is 19.2 Å². The Balaban J connectivity index is 1.81. The molecular formula is C16H15FN4O4. The van der Waals surface area contributed by atoms with Crippen LogP contribution in [0, 0.1) is 5.82 Å². The standard InChI is InChI=1S/C16H15FN4O4/c1-20-8-10(6-13(20)23)18-16(25)15-12(22)7-14(24)21(19-15)11-4-2-9(17)3-5-11/h2-5,10H,6-8H2,1H3,(H,18,25)/t10-/m0/s1. The van der Waals surface area contributed by atoms with E-state index in [0.29, 0.717) is 6.54 Å². The predicted molar refractivity (Wildman–Crippen MR) is 85.1 cm³/mol. The number of anilines is 1. The van der Waals surface area contributed by atoms with Crippen molar-refractivity contribution in [1.29, 1.82) is 0 Å². The minimum absolute atomic E-state index is 0.106. The minimum atomic E-state index is -0.738. The smallest absolute Gasteiger partial charge is 0.275 e. The number of hydrogen-bond acceptors (Lipinski definition) is 5. The molecule has 0 aromatic heterocycles. The van der Waals surface area contributed by atoms with Gasteiger partial charge in [0.2, 0.25) is 5.91 Å². The molecule has 0 radical (unpaired) electrons. The number of likely N-dealkylation sites (N-methyl/N-ethyl adjacent to an activating group) is 1. The number of nitrogens with zero attached hydrogens (tertiary/aromatic N) is 3. The fourth-order valence-electron chi connectivity index (χ4n) is 2.68. The molecule has 0 spiro atoms. The highest BCUT2D eigenvalue weighted by atomic mass is 19.1. The van der Waals surface area contributed by atoms with Gasteiger partial charge in [0.05, 0.1) is 18.2 Å². The molecule has 1 atom stereocenters. The highest BCUT2D eigenvalue weighted by molar-refractivity contribution is 6.67. The molecule has 1 aromatic carbocycles. The van der Waals surface area contributed by atoms with Crippen LogP contribution in [0.15, 0.2) is 29.4 Å². The molecule has 3 amide bonds. The number of carbonyl (C=O) groups excluding carboxylic acids is 4. The number of rotatable bonds is 3. The Kier molecular flexibility index (Phi) is 4.30. The molecule has 1 fully saturated rings. The average Bonchev–Trinajstić information content (AvgIpc) is 2.86. The van der Waals surface area contributed by atoms with E-state index in [1.54, 1.807) is 7.05 Å². The van der Waals surface area contributed by atoms with Gasteiger partial charge in [-0.05, 0) is 24.3 Å². The molecule has 25 heavy (non-hydrogen) atoms. The molecule has 1 N–H and O–H groups in total. The molecule has 0 aliphatic carbocycles. The summed E-state index contributed by atoms with van der Waals surface area (Å²) < 4.78 is 13.0. The monoisotopic (exact) mass is 346 g/mol. The minimum Gasteiger partial charge on any atom is -0.345 e. The third kappa shape index (κ3) is 3.39. The van der Waals surface area contributed by atoms with Crippen molar-refractivity contribution in [3.05, 3.63) is 30.1 Å². The number of halogens is 1. The maximum atomic E-state index is 13.0. The zero-order valence-electron chi connectivity index (χ0n) is 13.4. The molecule has 130 valence electrons. The van der Waals surface area contributed by atoms with E-state index < -0.39 is 41.6 Å². The van der Waals surface area contributed by atoms with Gasteiger partial charge in [0.15, 0.2) is 11.5 Å². The summed E-state index contributed by atoms with van der Waals surface area (Å²) in [6.45, 7) is 0.340. The van der Waals surface area contributed by atoms with Crippen LogP contribution < -0.4 is 10.3 Å². The number of benzene rings is 1. The molecule has 9 heteroatoms. The van der Waals surface area contributed by atoms with Crippen molar-refractivity contribution in [3.8, 4) is 0 Å². The maximum absolute atomic E-state index is 13.0. The van der Waals surface area contributed by atoms with Crippen LogP contribution in [0.4, 0.5) is 10.1 Å². The van der Waals surface area contributed by atoms with Crippen molar-refractivity contribution in [2.24, 2.45) is 5.10 Å². The lowest BCUT2D eigenvalue weighted by Crippen LogP contribution is -2.47. The second-order valence-corrected chi connectivity index (χ2v) is 5.88. The molecule has 8 nitrogen and oxygen atoms in total. The van der Waals surface area contributed by atoms with E-state index in [1.807, 2.05) is 0 Å². The third-order valence-electron chi connectivity index (χ3n) is 3.97. The van der Waals surface area contributed by atoms with Crippen molar-refractivity contribution in [2.75, 3.05) is 18.6 Å². The van der Waals surface area contributed by atoms with Crippen LogP contribution in [0.25, 0.3) is 0 Å². The maximum Gasteiger partial charge on any atom is 0.275 e. The van der Waals surface area contributed by atoms with E-state index in [2.05, 4.69) is 10.4 Å². The van der Waals surface area contributed by atoms with Gasteiger partial charge in [0.1, 0.15) is 5.82 Å². The van der Waals surface area contributed by atoms with E-state index >= 15 is 0 Å². The van der Waals surface area contributed by atoms with Crippen LogP contribution in [0.2, 0.25) is 0 Å². The van der Waals surface area contributed by atoms with Gasteiger partial charge < -0.3 is 10.2 Å². The van der Waals surface area contributed by atoms with E-state index in [4.69, 9.17) is 0 Å². The van der Waals surface area contributed by atoms with Crippen molar-refractivity contribution in [3.63, 3.8) is 0 Å². The molecule has 1 aromatic rings. The highest BCUT2D eigenvalue weighted by Crippen LogP contribution is 2.20. The van der Waals surface area contributed by atoms with Crippen LogP contribution in [0.3, 0.4) is 0 Å². The summed E-state index contributed by atoms with van der Waals surface area (Å²) in [4.78, 5) is 49.3. The van der Waals surface area contributed by atoms with Crippen LogP contribution >= 0.6 is 0 Å². The lowest BCUT2D eigenvalue weighted by Gasteiger charge is -2.23. The number of Topliss-reactive ketones (excluding diaryl/α,β-unsaturated/α-hetero) is 1. The summed E-state index contributed by atoms with van der Waals surface area (Å²) in [7, 11) is 1.62. The lowest BCUT2D eigenvalue weighted by molar-refractivity contribution is -0.127. The molecule has 0 bridgehead atoms. The summed E-state index contributed by atoms with van der Waals surface area (Å²) in [5.74, 6) is -2.63. The Morgan fingerprint density at radius 3 is 2.48 bits per heavy atom. The Bertz CT molecular complexity index is 790. The van der Waals surface area contributed by atoms with E-state index in [-0.39, 0.29) is 18.0 Å². The number of ketones is 1. The van der Waals surface area contributed by atoms with E-state index in [0.717, 1.165) is 17.1 Å². The second kappa shape index (κ2) is 6.42. The first-order valence-corrected chi connectivity index (χ1v) is 7.60. The molecular weight excluding hydrogens is 331 g/mol. The largest absolute Gasteiger partial charge is 0.345 e. The van der Waals surface area contributed by atoms with Gasteiger partial charge in [-0.1, -0.05) is 0 Å². The topological polar surface area (TPSA) is 99.2 Å². The zero-order chi connectivity index (χ0) is 18.1. The zero-order valence-corrected chi connectivity index (χ0v) is 13.4. The number of carbonyl (C=O) groups is 4. The Labute approximate surface area is 142 Å². The van der Waals surface area contributed by atoms with Crippen molar-refractivity contribution in [1.82, 2.24) is 10.2 Å².